The molecule has 1 aliphatic heterocycles. The van der Waals surface area contributed by atoms with E-state index in [9.17, 15) is 5.11 Å². The topological polar surface area (TPSA) is 38.7 Å². The van der Waals surface area contributed by atoms with Gasteiger partial charge in [0, 0.05) is 45.0 Å². The molecule has 1 aliphatic rings. The smallest absolute Gasteiger partial charge is 0.0664 e. The molecule has 0 spiro atoms. The Morgan fingerprint density at radius 3 is 2.55 bits per heavy atom. The lowest BCUT2D eigenvalue weighted by molar-refractivity contribution is 0.160. The maximum Gasteiger partial charge on any atom is 0.0664 e. The lowest BCUT2D eigenvalue weighted by atomic mass is 10.1. The Kier molecular flexibility index (Phi) is 7.16. The summed E-state index contributed by atoms with van der Waals surface area (Å²) in [4.78, 5) is 4.99. The van der Waals surface area contributed by atoms with E-state index in [2.05, 4.69) is 53.2 Å². The third kappa shape index (κ3) is 4.97. The van der Waals surface area contributed by atoms with E-state index in [1.165, 1.54) is 11.3 Å². The summed E-state index contributed by atoms with van der Waals surface area (Å²) in [5.41, 5.74) is 2.67. The summed E-state index contributed by atoms with van der Waals surface area (Å²) < 4.78 is 0. The number of anilines is 1. The Balaban J connectivity index is 1.90. The maximum atomic E-state index is 9.82. The fourth-order valence-corrected chi connectivity index (χ4v) is 3.08. The van der Waals surface area contributed by atoms with Crippen molar-refractivity contribution >= 4 is 5.69 Å². The van der Waals surface area contributed by atoms with Crippen molar-refractivity contribution in [3.05, 3.63) is 29.8 Å². The molecule has 4 nitrogen and oxygen atoms in total. The van der Waals surface area contributed by atoms with Crippen LogP contribution in [0.4, 0.5) is 5.69 Å². The number of aliphatic hydroxyl groups is 1. The zero-order chi connectivity index (χ0) is 15.8. The van der Waals surface area contributed by atoms with Crippen LogP contribution in [-0.2, 0) is 6.54 Å². The predicted octanol–water partition coefficient (Wildman–Crippen LogP) is 2.08. The Bertz CT molecular complexity index is 430. The monoisotopic (exact) mass is 305 g/mol. The highest BCUT2D eigenvalue weighted by Gasteiger charge is 2.17. The van der Waals surface area contributed by atoms with Crippen LogP contribution in [0.3, 0.4) is 0 Å². The van der Waals surface area contributed by atoms with Crippen molar-refractivity contribution in [2.45, 2.75) is 39.3 Å². The van der Waals surface area contributed by atoms with Crippen LogP contribution >= 0.6 is 0 Å². The Hall–Kier alpha value is -1.10. The summed E-state index contributed by atoms with van der Waals surface area (Å²) in [5.74, 6) is 0. The van der Waals surface area contributed by atoms with Gasteiger partial charge in [0.1, 0.15) is 0 Å². The molecular formula is C18H31N3O. The van der Waals surface area contributed by atoms with Gasteiger partial charge in [0.05, 0.1) is 6.10 Å². The molecule has 1 unspecified atom stereocenters. The molecule has 2 rings (SSSR count). The van der Waals surface area contributed by atoms with Crippen LogP contribution in [0.5, 0.6) is 0 Å². The van der Waals surface area contributed by atoms with Crippen LogP contribution in [0, 0.1) is 0 Å². The summed E-state index contributed by atoms with van der Waals surface area (Å²) in [6.07, 6.45) is 1.67. The molecule has 1 aromatic carbocycles. The molecule has 1 heterocycles. The molecule has 22 heavy (non-hydrogen) atoms. The average Bonchev–Trinajstić information content (AvgIpc) is 2.56. The summed E-state index contributed by atoms with van der Waals surface area (Å²) >= 11 is 0. The zero-order valence-electron chi connectivity index (χ0n) is 14.1. The van der Waals surface area contributed by atoms with E-state index in [0.29, 0.717) is 6.54 Å². The zero-order valence-corrected chi connectivity index (χ0v) is 14.1. The van der Waals surface area contributed by atoms with Crippen molar-refractivity contribution in [3.8, 4) is 0 Å². The standard InChI is InChI=1S/C18H31N3O/c1-3-7-17(22)15-19-14-16-8-5-6-9-18(16)21-12-10-20(4-2)11-13-21/h5-6,8-9,17,19,22H,3-4,7,10-15H2,1-2H3. The first-order chi connectivity index (χ1) is 10.7. The number of hydrogen-bond acceptors (Lipinski definition) is 4. The Morgan fingerprint density at radius 2 is 1.86 bits per heavy atom. The van der Waals surface area contributed by atoms with Gasteiger partial charge < -0.3 is 20.2 Å². The summed E-state index contributed by atoms with van der Waals surface area (Å²) in [7, 11) is 0. The second-order valence-corrected chi connectivity index (χ2v) is 6.12. The molecule has 1 aromatic rings. The van der Waals surface area contributed by atoms with Gasteiger partial charge in [0.25, 0.3) is 0 Å². The number of aliphatic hydroxyl groups excluding tert-OH is 1. The SMILES string of the molecule is CCCC(O)CNCc1ccccc1N1CCN(CC)CC1. The van der Waals surface area contributed by atoms with Gasteiger partial charge in [-0.1, -0.05) is 38.5 Å². The molecule has 0 saturated carbocycles. The number of para-hydroxylation sites is 1. The molecule has 1 saturated heterocycles. The van der Waals surface area contributed by atoms with Crippen molar-refractivity contribution in [2.75, 3.05) is 44.2 Å². The number of nitrogens with zero attached hydrogens (tertiary/aromatic N) is 2. The summed E-state index contributed by atoms with van der Waals surface area (Å²) in [6.45, 7) is 11.5. The molecule has 1 fully saturated rings. The minimum Gasteiger partial charge on any atom is -0.392 e. The molecule has 124 valence electrons. The predicted molar refractivity (Wildman–Crippen MR) is 93.4 cm³/mol. The van der Waals surface area contributed by atoms with Crippen LogP contribution in [0.25, 0.3) is 0 Å². The quantitative estimate of drug-likeness (QED) is 0.771. The molecule has 0 radical (unpaired) electrons. The Labute approximate surface area is 135 Å². The van der Waals surface area contributed by atoms with Crippen molar-refractivity contribution in [1.82, 2.24) is 10.2 Å². The van der Waals surface area contributed by atoms with Crippen LogP contribution in [0.1, 0.15) is 32.3 Å². The van der Waals surface area contributed by atoms with Crippen molar-refractivity contribution in [3.63, 3.8) is 0 Å². The maximum absolute atomic E-state index is 9.82. The number of hydrogen-bond donors (Lipinski definition) is 2. The molecular weight excluding hydrogens is 274 g/mol. The lowest BCUT2D eigenvalue weighted by Crippen LogP contribution is -2.46. The molecule has 2 N–H and O–H groups in total. The van der Waals surface area contributed by atoms with Gasteiger partial charge in [0.2, 0.25) is 0 Å². The second-order valence-electron chi connectivity index (χ2n) is 6.12. The van der Waals surface area contributed by atoms with E-state index in [1.807, 2.05) is 0 Å². The first-order valence-electron chi connectivity index (χ1n) is 8.68. The van der Waals surface area contributed by atoms with Crippen molar-refractivity contribution in [2.24, 2.45) is 0 Å². The minimum absolute atomic E-state index is 0.231. The van der Waals surface area contributed by atoms with Gasteiger partial charge in [-0.25, -0.2) is 0 Å². The number of nitrogens with one attached hydrogen (secondary N) is 1. The largest absolute Gasteiger partial charge is 0.392 e. The number of likely N-dealkylation sites (N-methyl/N-ethyl adjacent to an activating group) is 1. The highest BCUT2D eigenvalue weighted by atomic mass is 16.3. The van der Waals surface area contributed by atoms with Gasteiger partial charge in [0.15, 0.2) is 0 Å². The molecule has 4 heteroatoms. The van der Waals surface area contributed by atoms with Gasteiger partial charge >= 0.3 is 0 Å². The van der Waals surface area contributed by atoms with E-state index < -0.39 is 0 Å². The third-order valence-corrected chi connectivity index (χ3v) is 4.47. The number of piperazine rings is 1. The average molecular weight is 305 g/mol. The third-order valence-electron chi connectivity index (χ3n) is 4.47. The van der Waals surface area contributed by atoms with Crippen molar-refractivity contribution in [1.29, 1.82) is 0 Å². The van der Waals surface area contributed by atoms with E-state index >= 15 is 0 Å². The first-order valence-corrected chi connectivity index (χ1v) is 8.68. The van der Waals surface area contributed by atoms with Gasteiger partial charge in [-0.2, -0.15) is 0 Å². The highest BCUT2D eigenvalue weighted by molar-refractivity contribution is 5.54. The van der Waals surface area contributed by atoms with E-state index in [1.54, 1.807) is 0 Å². The van der Waals surface area contributed by atoms with E-state index in [0.717, 1.165) is 52.1 Å². The fourth-order valence-electron chi connectivity index (χ4n) is 3.08. The summed E-state index contributed by atoms with van der Waals surface area (Å²) in [5, 5.41) is 13.2. The highest BCUT2D eigenvalue weighted by Crippen LogP contribution is 2.21. The van der Waals surface area contributed by atoms with Gasteiger partial charge in [-0.05, 0) is 24.6 Å². The van der Waals surface area contributed by atoms with Crippen LogP contribution < -0.4 is 10.2 Å². The summed E-state index contributed by atoms with van der Waals surface area (Å²) in [6, 6.07) is 8.64. The number of rotatable bonds is 8. The lowest BCUT2D eigenvalue weighted by Gasteiger charge is -2.36. The van der Waals surface area contributed by atoms with Crippen LogP contribution in [0.2, 0.25) is 0 Å². The Morgan fingerprint density at radius 1 is 1.14 bits per heavy atom. The first kappa shape index (κ1) is 17.3. The molecule has 0 aliphatic carbocycles. The molecule has 0 bridgehead atoms. The normalized spacial score (nSPS) is 17.7. The molecule has 0 amide bonds. The fraction of sp³-hybridized carbons (Fsp3) is 0.667. The number of benzene rings is 1. The minimum atomic E-state index is -0.231. The second kappa shape index (κ2) is 9.13. The van der Waals surface area contributed by atoms with Crippen molar-refractivity contribution < 1.29 is 5.11 Å². The van der Waals surface area contributed by atoms with Crippen LogP contribution in [-0.4, -0.2) is 55.4 Å². The molecule has 0 aromatic heterocycles. The molecule has 1 atom stereocenters. The van der Waals surface area contributed by atoms with E-state index in [4.69, 9.17) is 0 Å². The van der Waals surface area contributed by atoms with Crippen LogP contribution in [0.15, 0.2) is 24.3 Å². The van der Waals surface area contributed by atoms with Gasteiger partial charge in [-0.15, -0.1) is 0 Å². The van der Waals surface area contributed by atoms with Gasteiger partial charge in [-0.3, -0.25) is 0 Å². The van der Waals surface area contributed by atoms with E-state index in [-0.39, 0.29) is 6.10 Å².